The second kappa shape index (κ2) is 21.4. The molecule has 3 amide bonds. The van der Waals surface area contributed by atoms with E-state index in [1.54, 1.807) is 20.8 Å². The minimum absolute atomic E-state index is 0. The summed E-state index contributed by atoms with van der Waals surface area (Å²) in [5, 5.41) is 0. The fraction of sp³-hybridized carbons (Fsp3) is 0.769. The Labute approximate surface area is 144 Å². The van der Waals surface area contributed by atoms with Crippen LogP contribution in [0.15, 0.2) is 0 Å². The van der Waals surface area contributed by atoms with Crippen molar-refractivity contribution in [3.05, 3.63) is 22.9 Å². The van der Waals surface area contributed by atoms with Gasteiger partial charge in [0.2, 0.25) is 0 Å². The molecule has 0 atom stereocenters. The van der Waals surface area contributed by atoms with Gasteiger partial charge in [0.15, 0.2) is 0 Å². The van der Waals surface area contributed by atoms with Crippen LogP contribution in [-0.4, -0.2) is 23.3 Å². The molecule has 0 spiro atoms. The van der Waals surface area contributed by atoms with E-state index in [-0.39, 0.29) is 27.9 Å². The second-order valence-corrected chi connectivity index (χ2v) is 4.58. The summed E-state index contributed by atoms with van der Waals surface area (Å²) < 4.78 is 0. The van der Waals surface area contributed by atoms with E-state index in [9.17, 15) is 14.4 Å². The summed E-state index contributed by atoms with van der Waals surface area (Å²) >= 11 is 0. The molecule has 0 aromatic heterocycles. The topological polar surface area (TPSA) is 146 Å². The van der Waals surface area contributed by atoms with Gasteiger partial charge in [-0.2, -0.15) is 0 Å². The monoisotopic (exact) mass is 469 g/mol. The van der Waals surface area contributed by atoms with Crippen molar-refractivity contribution in [3.63, 3.8) is 0 Å². The molecule has 127 valence electrons. The maximum Gasteiger partial charge on any atom is 0.0484 e. The summed E-state index contributed by atoms with van der Waals surface area (Å²) in [6.07, 6.45) is 1.000. The maximum atomic E-state index is 9.48. The number of hydrogen-bond donors (Lipinski definition) is 0. The molecule has 1 radical (unpaired) electrons. The molecule has 0 aromatic rings. The van der Waals surface area contributed by atoms with Gasteiger partial charge in [0.05, 0.1) is 0 Å². The van der Waals surface area contributed by atoms with E-state index in [2.05, 4.69) is 0 Å². The first-order valence-electron chi connectivity index (χ1n) is 6.29. The summed E-state index contributed by atoms with van der Waals surface area (Å²) in [5.41, 5.74) is 25.2. The van der Waals surface area contributed by atoms with E-state index in [4.69, 9.17) is 22.9 Å². The molecule has 0 aliphatic carbocycles. The molecule has 0 bridgehead atoms. The quantitative estimate of drug-likeness (QED) is 0.587. The van der Waals surface area contributed by atoms with Crippen molar-refractivity contribution in [1.29, 1.82) is 0 Å². The van der Waals surface area contributed by atoms with Crippen molar-refractivity contribution in [2.45, 2.75) is 66.3 Å². The Kier molecular flexibility index (Phi) is 32.8. The number of amides is 3. The predicted molar refractivity (Wildman–Crippen MR) is 82.9 cm³/mol. The van der Waals surface area contributed by atoms with Crippen LogP contribution in [0.4, 0.5) is 0 Å². The van der Waals surface area contributed by atoms with Crippen molar-refractivity contribution < 1.29 is 36.8 Å². The maximum absolute atomic E-state index is 9.48. The summed E-state index contributed by atoms with van der Waals surface area (Å²) in [6.45, 7) is 10.5. The Morgan fingerprint density at radius 2 is 0.762 bits per heavy atom. The smallest absolute Gasteiger partial charge is 0.0484 e. The molecule has 0 unspecified atom stereocenters. The van der Waals surface area contributed by atoms with Crippen LogP contribution >= 0.6 is 0 Å². The van der Waals surface area contributed by atoms with E-state index in [0.29, 0.717) is 19.3 Å². The Morgan fingerprint density at radius 1 is 0.714 bits per heavy atom. The van der Waals surface area contributed by atoms with Crippen LogP contribution in [0.1, 0.15) is 60.8 Å². The number of carbonyl (C=O) groups excluding carboxylic acids is 3. The zero-order chi connectivity index (χ0) is 17.4. The predicted octanol–water partition coefficient (Wildman–Crippen LogP) is 4.76. The fourth-order valence-electron chi connectivity index (χ4n) is 0. The molecular formula is C13H28N4O3Ta-4. The molecular weight excluding hydrogens is 441 g/mol. The van der Waals surface area contributed by atoms with Gasteiger partial charge in [0.1, 0.15) is 0 Å². The van der Waals surface area contributed by atoms with Crippen LogP contribution in [0.2, 0.25) is 0 Å². The Balaban J connectivity index is -0.0000000533. The van der Waals surface area contributed by atoms with Crippen LogP contribution in [-0.2, 0) is 36.8 Å². The minimum atomic E-state index is -0.495. The molecule has 0 fully saturated rings. The molecule has 0 saturated carbocycles. The largest absolute Gasteiger partial charge is 0.673 e. The van der Waals surface area contributed by atoms with Gasteiger partial charge in [-0.05, 0) is 19.3 Å². The standard InChI is InChI=1S/C4H10N.3C3H7NO.Ta/c1-4(2,3)5;3*1-2-3(4)5;/h5H,1-3H3;3*2H2,1H3,(H2,4,5);/q-1;;;;/p-3. The third kappa shape index (κ3) is 214. The minimum Gasteiger partial charge on any atom is -0.673 e. The summed E-state index contributed by atoms with van der Waals surface area (Å²) in [6, 6.07) is 0. The fourth-order valence-corrected chi connectivity index (χ4v) is 0. The Hall–Kier alpha value is -0.890. The van der Waals surface area contributed by atoms with Crippen LogP contribution in [0.3, 0.4) is 0 Å². The van der Waals surface area contributed by atoms with Gasteiger partial charge in [-0.15, -0.1) is 5.54 Å². The molecule has 0 aliphatic rings. The number of hydrogen-bond acceptors (Lipinski definition) is 3. The van der Waals surface area contributed by atoms with E-state index in [0.717, 1.165) is 0 Å². The molecule has 8 heteroatoms. The van der Waals surface area contributed by atoms with Crippen LogP contribution in [0.5, 0.6) is 0 Å². The van der Waals surface area contributed by atoms with Gasteiger partial charge in [0.25, 0.3) is 0 Å². The van der Waals surface area contributed by atoms with Gasteiger partial charge < -0.3 is 37.3 Å². The van der Waals surface area contributed by atoms with E-state index < -0.39 is 17.7 Å². The third-order valence-electron chi connectivity index (χ3n) is 0.963. The van der Waals surface area contributed by atoms with Crippen molar-refractivity contribution in [3.8, 4) is 0 Å². The Morgan fingerprint density at radius 3 is 0.762 bits per heavy atom. The summed E-state index contributed by atoms with van der Waals surface area (Å²) in [7, 11) is 0. The van der Waals surface area contributed by atoms with Crippen molar-refractivity contribution >= 4 is 17.7 Å². The van der Waals surface area contributed by atoms with Gasteiger partial charge in [-0.3, -0.25) is 0 Å². The van der Waals surface area contributed by atoms with Gasteiger partial charge >= 0.3 is 0 Å². The summed E-state index contributed by atoms with van der Waals surface area (Å²) in [5.74, 6) is -1.49. The van der Waals surface area contributed by atoms with Crippen LogP contribution in [0.25, 0.3) is 22.9 Å². The first-order valence-corrected chi connectivity index (χ1v) is 6.29. The van der Waals surface area contributed by atoms with Gasteiger partial charge in [0, 0.05) is 40.1 Å². The second-order valence-electron chi connectivity index (χ2n) is 4.58. The molecule has 7 nitrogen and oxygen atoms in total. The molecule has 21 heavy (non-hydrogen) atoms. The van der Waals surface area contributed by atoms with Crippen molar-refractivity contribution in [2.24, 2.45) is 0 Å². The third-order valence-corrected chi connectivity index (χ3v) is 0.963. The SMILES string of the molecule is CC(C)(C)[NH-].CCC([NH-])=O.CCC([NH-])=O.CCC([NH-])=O.[Ta]. The van der Waals surface area contributed by atoms with Crippen molar-refractivity contribution in [2.75, 3.05) is 0 Å². The van der Waals surface area contributed by atoms with Crippen LogP contribution in [0, 0.1) is 0 Å². The zero-order valence-electron chi connectivity index (χ0n) is 13.8. The van der Waals surface area contributed by atoms with E-state index in [1.807, 2.05) is 20.8 Å². The van der Waals surface area contributed by atoms with Gasteiger partial charge in [-0.25, -0.2) is 0 Å². The first kappa shape index (κ1) is 32.2. The number of nitrogens with one attached hydrogen (secondary N) is 4. The van der Waals surface area contributed by atoms with Gasteiger partial charge in [-0.1, -0.05) is 41.5 Å². The van der Waals surface area contributed by atoms with E-state index >= 15 is 0 Å². The molecule has 0 saturated heterocycles. The molecule has 0 aliphatic heterocycles. The normalized spacial score (nSPS) is 8.14. The molecule has 0 heterocycles. The molecule has 0 rings (SSSR count). The Bertz CT molecular complexity index is 227. The zero-order valence-corrected chi connectivity index (χ0v) is 17.0. The summed E-state index contributed by atoms with van der Waals surface area (Å²) in [4.78, 5) is 28.4. The van der Waals surface area contributed by atoms with E-state index in [1.165, 1.54) is 0 Å². The molecule has 0 aromatic carbocycles. The average molecular weight is 469 g/mol. The number of carbonyl (C=O) groups is 3. The van der Waals surface area contributed by atoms with Crippen LogP contribution < -0.4 is 0 Å². The van der Waals surface area contributed by atoms with Crippen molar-refractivity contribution in [1.82, 2.24) is 0 Å². The molecule has 4 N–H and O–H groups in total. The first-order chi connectivity index (χ1) is 8.81. The number of rotatable bonds is 3. The average Bonchev–Trinajstić information content (AvgIpc) is 2.28.